The number of aromatic nitrogens is 2. The molecule has 0 N–H and O–H groups in total. The Balaban J connectivity index is 1.52. The molecular formula is C46H26N2. The zero-order chi connectivity index (χ0) is 31.3. The number of rotatable bonds is 3. The van der Waals surface area contributed by atoms with Gasteiger partial charge in [0.2, 0.25) is 0 Å². The second kappa shape index (κ2) is 9.57. The molecule has 0 atom stereocenters. The molecule has 220 valence electrons. The van der Waals surface area contributed by atoms with Gasteiger partial charge in [-0.15, -0.1) is 0 Å². The number of hydrogen-bond donors (Lipinski definition) is 0. The summed E-state index contributed by atoms with van der Waals surface area (Å²) in [4.78, 5) is 10.1. The Morgan fingerprint density at radius 3 is 1.52 bits per heavy atom. The van der Waals surface area contributed by atoms with Crippen LogP contribution in [0, 0.1) is 0 Å². The van der Waals surface area contributed by atoms with Crippen LogP contribution >= 0.6 is 0 Å². The third kappa shape index (κ3) is 3.36. The number of fused-ring (bicyclic) bond motifs is 8. The molecule has 2 aromatic heterocycles. The Morgan fingerprint density at radius 2 is 0.854 bits per heavy atom. The van der Waals surface area contributed by atoms with Crippen molar-refractivity contribution in [3.63, 3.8) is 0 Å². The molecule has 0 aliphatic carbocycles. The number of nitrogens with zero attached hydrogens (tertiary/aromatic N) is 2. The molecule has 0 spiro atoms. The monoisotopic (exact) mass is 606 g/mol. The van der Waals surface area contributed by atoms with E-state index < -0.39 is 0 Å². The van der Waals surface area contributed by atoms with Crippen LogP contribution in [0.3, 0.4) is 0 Å². The Bertz CT molecular complexity index is 3020. The lowest BCUT2D eigenvalue weighted by Gasteiger charge is -2.18. The Labute approximate surface area is 276 Å². The van der Waals surface area contributed by atoms with Gasteiger partial charge in [0.05, 0.1) is 11.4 Å². The summed E-state index contributed by atoms with van der Waals surface area (Å²) in [5, 5.41) is 17.7. The molecular weight excluding hydrogens is 581 g/mol. The van der Waals surface area contributed by atoms with Gasteiger partial charge in [-0.1, -0.05) is 103 Å². The van der Waals surface area contributed by atoms with Crippen LogP contribution in [0.2, 0.25) is 0 Å². The fourth-order valence-electron chi connectivity index (χ4n) is 8.55. The van der Waals surface area contributed by atoms with E-state index in [4.69, 9.17) is 9.97 Å². The lowest BCUT2D eigenvalue weighted by Crippen LogP contribution is -1.94. The fraction of sp³-hybridized carbons (Fsp3) is 0. The van der Waals surface area contributed by atoms with Crippen molar-refractivity contribution in [2.45, 2.75) is 0 Å². The van der Waals surface area contributed by atoms with E-state index in [-0.39, 0.29) is 0 Å². The maximum Gasteiger partial charge on any atom is 0.0714 e. The van der Waals surface area contributed by atoms with Crippen LogP contribution in [0.1, 0.15) is 0 Å². The summed E-state index contributed by atoms with van der Waals surface area (Å²) in [6.07, 6.45) is 3.85. The standard InChI is InChI=1S/C46H26N2/c1-2-12-27(13-3-1)29-24-34-30-16-4-5-17-31(30)35-26-37-42(36(25-29)41(34)35)46(39-21-7-9-23-48-39)45-33-19-11-15-28-14-10-18-32(40(28)33)44(45)43(37)38-20-6-8-22-47-38/h1-26H. The minimum absolute atomic E-state index is 0.980. The summed E-state index contributed by atoms with van der Waals surface area (Å²) in [6, 6.07) is 53.0. The first-order valence-electron chi connectivity index (χ1n) is 16.5. The molecule has 0 aliphatic rings. The number of pyridine rings is 2. The average Bonchev–Trinajstić information content (AvgIpc) is 3.66. The van der Waals surface area contributed by atoms with Gasteiger partial charge in [0.1, 0.15) is 0 Å². The minimum Gasteiger partial charge on any atom is -0.256 e. The van der Waals surface area contributed by atoms with Gasteiger partial charge < -0.3 is 0 Å². The first-order valence-corrected chi connectivity index (χ1v) is 16.5. The van der Waals surface area contributed by atoms with Crippen molar-refractivity contribution in [3.8, 4) is 33.6 Å². The maximum absolute atomic E-state index is 5.08. The highest BCUT2D eigenvalue weighted by molar-refractivity contribution is 6.44. The van der Waals surface area contributed by atoms with Crippen molar-refractivity contribution < 1.29 is 0 Å². The smallest absolute Gasteiger partial charge is 0.0714 e. The SMILES string of the molecule is c1ccc(-c2cc3c4ccccc4c4cc5c(-c6ccccn6)c6c7cccc8cccc(c6c(-c6ccccn6)c5c(c2)c34)c87)cc1. The molecule has 2 nitrogen and oxygen atoms in total. The van der Waals surface area contributed by atoms with E-state index >= 15 is 0 Å². The molecule has 0 unspecified atom stereocenters. The summed E-state index contributed by atoms with van der Waals surface area (Å²) in [5.41, 5.74) is 6.74. The molecule has 0 fully saturated rings. The molecule has 11 aromatic rings. The molecule has 11 rings (SSSR count). The summed E-state index contributed by atoms with van der Waals surface area (Å²) in [7, 11) is 0. The van der Waals surface area contributed by atoms with E-state index in [1.54, 1.807) is 0 Å². The van der Waals surface area contributed by atoms with Gasteiger partial charge in [0, 0.05) is 39.7 Å². The van der Waals surface area contributed by atoms with E-state index in [0.717, 1.165) is 11.4 Å². The van der Waals surface area contributed by atoms with Crippen LogP contribution in [0.4, 0.5) is 0 Å². The largest absolute Gasteiger partial charge is 0.256 e. The third-order valence-electron chi connectivity index (χ3n) is 10.4. The molecule has 0 saturated carbocycles. The molecule has 0 radical (unpaired) electrons. The minimum atomic E-state index is 0.980. The van der Waals surface area contributed by atoms with Crippen LogP contribution in [-0.2, 0) is 0 Å². The molecule has 2 heteroatoms. The van der Waals surface area contributed by atoms with Gasteiger partial charge >= 0.3 is 0 Å². The zero-order valence-electron chi connectivity index (χ0n) is 25.9. The Hall–Kier alpha value is -6.38. The molecule has 0 amide bonds. The average molecular weight is 607 g/mol. The highest BCUT2D eigenvalue weighted by Gasteiger charge is 2.27. The molecule has 48 heavy (non-hydrogen) atoms. The summed E-state index contributed by atoms with van der Waals surface area (Å²) >= 11 is 0. The summed E-state index contributed by atoms with van der Waals surface area (Å²) in [5.74, 6) is 0. The summed E-state index contributed by atoms with van der Waals surface area (Å²) in [6.45, 7) is 0. The van der Waals surface area contributed by atoms with Crippen molar-refractivity contribution in [1.82, 2.24) is 9.97 Å². The van der Waals surface area contributed by atoms with Crippen LogP contribution < -0.4 is 0 Å². The number of benzene rings is 7. The quantitative estimate of drug-likeness (QED) is 0.187. The Kier molecular flexibility index (Phi) is 5.14. The normalized spacial score (nSPS) is 12.2. The van der Waals surface area contributed by atoms with Crippen molar-refractivity contribution in [2.24, 2.45) is 0 Å². The van der Waals surface area contributed by atoms with E-state index in [0.29, 0.717) is 0 Å². The van der Waals surface area contributed by atoms with Gasteiger partial charge in [-0.2, -0.15) is 0 Å². The second-order valence-corrected chi connectivity index (χ2v) is 12.8. The molecule has 0 bridgehead atoms. The van der Waals surface area contributed by atoms with E-state index in [2.05, 4.69) is 133 Å². The Morgan fingerprint density at radius 1 is 0.292 bits per heavy atom. The van der Waals surface area contributed by atoms with Crippen LogP contribution in [0.15, 0.2) is 158 Å². The van der Waals surface area contributed by atoms with Crippen LogP contribution in [-0.4, -0.2) is 9.97 Å². The van der Waals surface area contributed by atoms with E-state index in [1.165, 1.54) is 97.7 Å². The van der Waals surface area contributed by atoms with Crippen LogP contribution in [0.5, 0.6) is 0 Å². The maximum atomic E-state index is 5.08. The fourth-order valence-corrected chi connectivity index (χ4v) is 8.55. The third-order valence-corrected chi connectivity index (χ3v) is 10.4. The highest BCUT2D eigenvalue weighted by atomic mass is 14.7. The first kappa shape index (κ1) is 25.8. The molecule has 9 aromatic carbocycles. The lowest BCUT2D eigenvalue weighted by molar-refractivity contribution is 1.33. The zero-order valence-corrected chi connectivity index (χ0v) is 25.9. The van der Waals surface area contributed by atoms with Crippen LogP contribution in [0.25, 0.3) is 109 Å². The van der Waals surface area contributed by atoms with Crippen molar-refractivity contribution in [1.29, 1.82) is 0 Å². The van der Waals surface area contributed by atoms with Gasteiger partial charge in [-0.05, 0) is 113 Å². The lowest BCUT2D eigenvalue weighted by atomic mass is 9.85. The van der Waals surface area contributed by atoms with Gasteiger partial charge in [-0.3, -0.25) is 9.97 Å². The topological polar surface area (TPSA) is 25.8 Å². The van der Waals surface area contributed by atoms with Gasteiger partial charge in [0.15, 0.2) is 0 Å². The van der Waals surface area contributed by atoms with Crippen molar-refractivity contribution in [2.75, 3.05) is 0 Å². The second-order valence-electron chi connectivity index (χ2n) is 12.8. The van der Waals surface area contributed by atoms with E-state index in [9.17, 15) is 0 Å². The van der Waals surface area contributed by atoms with Gasteiger partial charge in [0.25, 0.3) is 0 Å². The van der Waals surface area contributed by atoms with Crippen molar-refractivity contribution >= 4 is 75.4 Å². The number of hydrogen-bond acceptors (Lipinski definition) is 2. The first-order chi connectivity index (χ1) is 23.8. The predicted molar refractivity (Wildman–Crippen MR) is 203 cm³/mol. The predicted octanol–water partition coefficient (Wildman–Crippen LogP) is 12.4. The molecule has 2 heterocycles. The van der Waals surface area contributed by atoms with Gasteiger partial charge in [-0.25, -0.2) is 0 Å². The van der Waals surface area contributed by atoms with Crippen molar-refractivity contribution in [3.05, 3.63) is 158 Å². The van der Waals surface area contributed by atoms with E-state index in [1.807, 2.05) is 24.5 Å². The summed E-state index contributed by atoms with van der Waals surface area (Å²) < 4.78 is 0. The molecule has 0 aliphatic heterocycles. The highest BCUT2D eigenvalue weighted by Crippen LogP contribution is 2.54. The molecule has 0 saturated heterocycles.